The Kier molecular flexibility index (Phi) is 11.9. The third kappa shape index (κ3) is 10.4. The van der Waals surface area contributed by atoms with E-state index in [1.54, 1.807) is 14.0 Å². The summed E-state index contributed by atoms with van der Waals surface area (Å²) in [5, 5.41) is 6.28. The summed E-state index contributed by atoms with van der Waals surface area (Å²) in [6.07, 6.45) is 4.04. The minimum Gasteiger partial charge on any atom is -0.466 e. The van der Waals surface area contributed by atoms with Crippen molar-refractivity contribution in [2.24, 2.45) is 0 Å². The molecule has 2 rings (SSSR count). The first-order valence-corrected chi connectivity index (χ1v) is 12.0. The van der Waals surface area contributed by atoms with E-state index in [1.807, 2.05) is 30.3 Å². The molecule has 1 heterocycles. The van der Waals surface area contributed by atoms with Crippen LogP contribution in [-0.2, 0) is 25.5 Å². The lowest BCUT2D eigenvalue weighted by Gasteiger charge is -2.31. The van der Waals surface area contributed by atoms with E-state index in [0.29, 0.717) is 32.0 Å². The van der Waals surface area contributed by atoms with Gasteiger partial charge in [-0.15, -0.1) is 0 Å². The molecule has 0 spiro atoms. The van der Waals surface area contributed by atoms with Gasteiger partial charge in [-0.25, -0.2) is 0 Å². The first kappa shape index (κ1) is 26.8. The van der Waals surface area contributed by atoms with Gasteiger partial charge < -0.3 is 25.2 Å². The number of amides is 2. The molecule has 0 bridgehead atoms. The lowest BCUT2D eigenvalue weighted by Crippen LogP contribution is -2.45. The Labute approximate surface area is 198 Å². The van der Waals surface area contributed by atoms with E-state index in [4.69, 9.17) is 4.74 Å². The van der Waals surface area contributed by atoms with Crippen LogP contribution in [0.25, 0.3) is 0 Å². The number of hydrogen-bond acceptors (Lipinski definition) is 6. The van der Waals surface area contributed by atoms with Gasteiger partial charge in [-0.05, 0) is 58.3 Å². The molecule has 1 fully saturated rings. The fourth-order valence-electron chi connectivity index (χ4n) is 4.10. The Morgan fingerprint density at radius 1 is 1.15 bits per heavy atom. The van der Waals surface area contributed by atoms with E-state index in [2.05, 4.69) is 22.6 Å². The first-order valence-electron chi connectivity index (χ1n) is 12.0. The second kappa shape index (κ2) is 14.6. The average Bonchev–Trinajstić information content (AvgIpc) is 2.82. The highest BCUT2D eigenvalue weighted by Gasteiger charge is 2.21. The van der Waals surface area contributed by atoms with Crippen LogP contribution in [0.2, 0.25) is 0 Å². The molecule has 8 nitrogen and oxygen atoms in total. The Bertz CT molecular complexity index is 737. The van der Waals surface area contributed by atoms with Crippen molar-refractivity contribution in [1.82, 2.24) is 20.4 Å². The predicted molar refractivity (Wildman–Crippen MR) is 129 cm³/mol. The van der Waals surface area contributed by atoms with Gasteiger partial charge in [-0.1, -0.05) is 30.3 Å². The normalized spacial score (nSPS) is 15.2. The van der Waals surface area contributed by atoms with Crippen molar-refractivity contribution in [3.8, 4) is 0 Å². The third-order valence-electron chi connectivity index (χ3n) is 6.12. The molecule has 0 aromatic heterocycles. The molecule has 1 unspecified atom stereocenters. The highest BCUT2D eigenvalue weighted by Crippen LogP contribution is 2.11. The number of hydrogen-bond donors (Lipinski definition) is 2. The monoisotopic (exact) mass is 460 g/mol. The van der Waals surface area contributed by atoms with E-state index in [0.717, 1.165) is 37.9 Å². The van der Waals surface area contributed by atoms with E-state index in [-0.39, 0.29) is 36.8 Å². The summed E-state index contributed by atoms with van der Waals surface area (Å²) in [4.78, 5) is 40.9. The molecule has 1 atom stereocenters. The van der Waals surface area contributed by atoms with Crippen LogP contribution < -0.4 is 10.6 Å². The number of benzene rings is 1. The molecule has 1 aliphatic rings. The number of carbonyl (C=O) groups excluding carboxylic acids is 3. The Hall–Kier alpha value is -2.45. The molecule has 1 aromatic carbocycles. The average molecular weight is 461 g/mol. The van der Waals surface area contributed by atoms with Crippen molar-refractivity contribution in [3.63, 3.8) is 0 Å². The van der Waals surface area contributed by atoms with Gasteiger partial charge in [-0.2, -0.15) is 0 Å². The molecule has 2 amide bonds. The number of nitrogens with zero attached hydrogens (tertiary/aromatic N) is 2. The van der Waals surface area contributed by atoms with Crippen molar-refractivity contribution < 1.29 is 19.1 Å². The molecule has 1 aromatic rings. The van der Waals surface area contributed by atoms with Gasteiger partial charge in [0.05, 0.1) is 19.6 Å². The summed E-state index contributed by atoms with van der Waals surface area (Å²) >= 11 is 0. The van der Waals surface area contributed by atoms with E-state index >= 15 is 0 Å². The molecule has 1 aliphatic heterocycles. The standard InChI is InChI=1S/C25H40N4O4/c1-4-33-25(32)18-21(11-10-20-8-6-5-7-9-20)27-23(30)19-29(3)24(31)14-17-28(2)22-12-15-26-16-13-22/h5-9,21-22,26H,4,10-19H2,1-3H3,(H,27,30). The van der Waals surface area contributed by atoms with Crippen LogP contribution >= 0.6 is 0 Å². The van der Waals surface area contributed by atoms with Crippen LogP contribution in [0.1, 0.15) is 44.6 Å². The SMILES string of the molecule is CCOC(=O)CC(CCc1ccccc1)NC(=O)CN(C)C(=O)CCN(C)C1CCNCC1. The summed E-state index contributed by atoms with van der Waals surface area (Å²) in [6, 6.07) is 10.1. The molecule has 0 saturated carbocycles. The second-order valence-corrected chi connectivity index (χ2v) is 8.76. The highest BCUT2D eigenvalue weighted by atomic mass is 16.5. The number of nitrogens with one attached hydrogen (secondary N) is 2. The number of esters is 1. The second-order valence-electron chi connectivity index (χ2n) is 8.76. The Morgan fingerprint density at radius 3 is 2.52 bits per heavy atom. The molecule has 1 saturated heterocycles. The van der Waals surface area contributed by atoms with Gasteiger partial charge >= 0.3 is 5.97 Å². The number of aryl methyl sites for hydroxylation is 1. The van der Waals surface area contributed by atoms with Crippen LogP contribution in [-0.4, -0.2) is 86.5 Å². The number of likely N-dealkylation sites (N-methyl/N-ethyl adjacent to an activating group) is 1. The van der Waals surface area contributed by atoms with Gasteiger partial charge in [-0.3, -0.25) is 14.4 Å². The number of ether oxygens (including phenoxy) is 1. The number of rotatable bonds is 13. The largest absolute Gasteiger partial charge is 0.466 e. The fourth-order valence-corrected chi connectivity index (χ4v) is 4.10. The van der Waals surface area contributed by atoms with Gasteiger partial charge in [0.25, 0.3) is 0 Å². The summed E-state index contributed by atoms with van der Waals surface area (Å²) in [6.45, 7) is 4.75. The maximum atomic E-state index is 12.6. The third-order valence-corrected chi connectivity index (χ3v) is 6.12. The number of piperidine rings is 1. The zero-order valence-corrected chi connectivity index (χ0v) is 20.3. The van der Waals surface area contributed by atoms with Gasteiger partial charge in [0.15, 0.2) is 0 Å². The summed E-state index contributed by atoms with van der Waals surface area (Å²) < 4.78 is 5.07. The molecule has 2 N–H and O–H groups in total. The minimum absolute atomic E-state index is 0.0272. The molecule has 33 heavy (non-hydrogen) atoms. The summed E-state index contributed by atoms with van der Waals surface area (Å²) in [5.74, 6) is -0.654. The molecule has 8 heteroatoms. The van der Waals surface area contributed by atoms with Crippen LogP contribution in [0.4, 0.5) is 0 Å². The van der Waals surface area contributed by atoms with Gasteiger partial charge in [0.1, 0.15) is 0 Å². The number of carbonyl (C=O) groups is 3. The topological polar surface area (TPSA) is 91.0 Å². The smallest absolute Gasteiger partial charge is 0.307 e. The minimum atomic E-state index is -0.341. The zero-order chi connectivity index (χ0) is 24.1. The van der Waals surface area contributed by atoms with Crippen LogP contribution in [0.5, 0.6) is 0 Å². The molecular weight excluding hydrogens is 420 g/mol. The Morgan fingerprint density at radius 2 is 1.85 bits per heavy atom. The van der Waals surface area contributed by atoms with Crippen molar-refractivity contribution in [1.29, 1.82) is 0 Å². The van der Waals surface area contributed by atoms with Crippen LogP contribution in [0, 0.1) is 0 Å². The molecule has 0 aliphatic carbocycles. The molecule has 184 valence electrons. The maximum absolute atomic E-state index is 12.6. The maximum Gasteiger partial charge on any atom is 0.307 e. The van der Waals surface area contributed by atoms with Crippen LogP contribution in [0.15, 0.2) is 30.3 Å². The van der Waals surface area contributed by atoms with Gasteiger partial charge in [0.2, 0.25) is 11.8 Å². The van der Waals surface area contributed by atoms with Crippen molar-refractivity contribution in [3.05, 3.63) is 35.9 Å². The lowest BCUT2D eigenvalue weighted by atomic mass is 10.0. The van der Waals surface area contributed by atoms with Crippen LogP contribution in [0.3, 0.4) is 0 Å². The highest BCUT2D eigenvalue weighted by molar-refractivity contribution is 5.85. The van der Waals surface area contributed by atoms with Crippen molar-refractivity contribution >= 4 is 17.8 Å². The summed E-state index contributed by atoms with van der Waals surface area (Å²) in [5.41, 5.74) is 1.14. The zero-order valence-electron chi connectivity index (χ0n) is 20.3. The fraction of sp³-hybridized carbons (Fsp3) is 0.640. The Balaban J connectivity index is 1.80. The molecular formula is C25H40N4O4. The predicted octanol–water partition coefficient (Wildman–Crippen LogP) is 1.59. The van der Waals surface area contributed by atoms with E-state index in [1.165, 1.54) is 4.90 Å². The van der Waals surface area contributed by atoms with Crippen molar-refractivity contribution in [2.75, 3.05) is 46.9 Å². The molecule has 0 radical (unpaired) electrons. The van der Waals surface area contributed by atoms with Gasteiger partial charge in [0, 0.05) is 32.1 Å². The van der Waals surface area contributed by atoms with E-state index in [9.17, 15) is 14.4 Å². The first-order chi connectivity index (χ1) is 15.9. The quantitative estimate of drug-likeness (QED) is 0.435. The summed E-state index contributed by atoms with van der Waals surface area (Å²) in [7, 11) is 3.71. The van der Waals surface area contributed by atoms with E-state index < -0.39 is 0 Å². The lowest BCUT2D eigenvalue weighted by molar-refractivity contribution is -0.144. The van der Waals surface area contributed by atoms with Crippen molar-refractivity contribution in [2.45, 2.75) is 57.5 Å².